The van der Waals surface area contributed by atoms with Gasteiger partial charge < -0.3 is 10.6 Å². The third-order valence-electron chi connectivity index (χ3n) is 2.79. The summed E-state index contributed by atoms with van der Waals surface area (Å²) >= 11 is 5.99. The first-order valence-corrected chi connectivity index (χ1v) is 6.31. The van der Waals surface area contributed by atoms with E-state index in [1.807, 2.05) is 13.0 Å². The van der Waals surface area contributed by atoms with E-state index in [0.717, 1.165) is 5.56 Å². The maximum Gasteiger partial charge on any atom is 0.323 e. The van der Waals surface area contributed by atoms with Crippen LogP contribution in [0.4, 0.5) is 16.2 Å². The van der Waals surface area contributed by atoms with Gasteiger partial charge in [0, 0.05) is 16.4 Å². The molecule has 0 aliphatic carbocycles. The Morgan fingerprint density at radius 1 is 1.15 bits per heavy atom. The number of anilines is 2. The second kappa shape index (κ2) is 6.09. The maximum absolute atomic E-state index is 11.9. The molecule has 0 atom stereocenters. The molecule has 2 aromatic rings. The molecule has 0 saturated carbocycles. The van der Waals surface area contributed by atoms with Gasteiger partial charge in [-0.05, 0) is 48.9 Å². The van der Waals surface area contributed by atoms with Gasteiger partial charge in [0.15, 0.2) is 0 Å². The van der Waals surface area contributed by atoms with Gasteiger partial charge in [-0.1, -0.05) is 17.7 Å². The summed E-state index contributed by atoms with van der Waals surface area (Å²) in [5, 5.41) is 14.7. The SMILES string of the molecule is Cc1c(Cl)cccc1NC(=O)Nc1ccc(C#N)cc1. The lowest BCUT2D eigenvalue weighted by atomic mass is 10.2. The number of nitrogens with zero attached hydrogens (tertiary/aromatic N) is 1. The molecule has 0 aliphatic heterocycles. The molecule has 2 amide bonds. The molecule has 0 aromatic heterocycles. The van der Waals surface area contributed by atoms with Crippen LogP contribution in [0.5, 0.6) is 0 Å². The zero-order valence-corrected chi connectivity index (χ0v) is 11.5. The van der Waals surface area contributed by atoms with Gasteiger partial charge in [-0.25, -0.2) is 4.79 Å². The molecule has 0 fully saturated rings. The number of benzene rings is 2. The molecule has 0 heterocycles. The Labute approximate surface area is 122 Å². The lowest BCUT2D eigenvalue weighted by molar-refractivity contribution is 0.262. The van der Waals surface area contributed by atoms with E-state index in [-0.39, 0.29) is 6.03 Å². The van der Waals surface area contributed by atoms with E-state index in [9.17, 15) is 4.79 Å². The number of rotatable bonds is 2. The standard InChI is InChI=1S/C15H12ClN3O/c1-10-13(16)3-2-4-14(10)19-15(20)18-12-7-5-11(9-17)6-8-12/h2-8H,1H3,(H2,18,19,20). The van der Waals surface area contributed by atoms with Gasteiger partial charge in [-0.15, -0.1) is 0 Å². The van der Waals surface area contributed by atoms with E-state index in [1.54, 1.807) is 42.5 Å². The fourth-order valence-electron chi connectivity index (χ4n) is 1.66. The molecule has 0 bridgehead atoms. The highest BCUT2D eigenvalue weighted by atomic mass is 35.5. The molecule has 0 saturated heterocycles. The summed E-state index contributed by atoms with van der Waals surface area (Å²) in [4.78, 5) is 11.9. The molecule has 2 rings (SSSR count). The highest BCUT2D eigenvalue weighted by Crippen LogP contribution is 2.23. The van der Waals surface area contributed by atoms with Crippen LogP contribution in [0.3, 0.4) is 0 Å². The van der Waals surface area contributed by atoms with Crippen molar-refractivity contribution in [2.75, 3.05) is 10.6 Å². The number of carbonyl (C=O) groups excluding carboxylic acids is 1. The predicted octanol–water partition coefficient (Wildman–Crippen LogP) is 4.16. The fourth-order valence-corrected chi connectivity index (χ4v) is 1.83. The first-order chi connectivity index (χ1) is 9.60. The van der Waals surface area contributed by atoms with Gasteiger partial charge in [0.1, 0.15) is 0 Å². The van der Waals surface area contributed by atoms with Crippen molar-refractivity contribution in [3.8, 4) is 6.07 Å². The number of halogens is 1. The second-order valence-corrected chi connectivity index (χ2v) is 4.59. The Morgan fingerprint density at radius 3 is 2.50 bits per heavy atom. The Balaban J connectivity index is 2.05. The largest absolute Gasteiger partial charge is 0.323 e. The first kappa shape index (κ1) is 13.9. The van der Waals surface area contributed by atoms with Crippen LogP contribution in [0.2, 0.25) is 5.02 Å². The molecular weight excluding hydrogens is 274 g/mol. The third-order valence-corrected chi connectivity index (χ3v) is 3.20. The van der Waals surface area contributed by atoms with Crippen LogP contribution in [0.1, 0.15) is 11.1 Å². The summed E-state index contributed by atoms with van der Waals surface area (Å²) in [5.74, 6) is 0. The number of hydrogen-bond acceptors (Lipinski definition) is 2. The Kier molecular flexibility index (Phi) is 4.24. The smallest absolute Gasteiger partial charge is 0.308 e. The third kappa shape index (κ3) is 3.28. The summed E-state index contributed by atoms with van der Waals surface area (Å²) in [7, 11) is 0. The topological polar surface area (TPSA) is 64.9 Å². The molecule has 0 spiro atoms. The van der Waals surface area contributed by atoms with Gasteiger partial charge in [-0.3, -0.25) is 0 Å². The van der Waals surface area contributed by atoms with Crippen molar-refractivity contribution in [2.24, 2.45) is 0 Å². The molecule has 2 aromatic carbocycles. The van der Waals surface area contributed by atoms with Crippen LogP contribution in [-0.4, -0.2) is 6.03 Å². The summed E-state index contributed by atoms with van der Waals surface area (Å²) in [6, 6.07) is 13.6. The highest BCUT2D eigenvalue weighted by Gasteiger charge is 2.06. The van der Waals surface area contributed by atoms with E-state index in [2.05, 4.69) is 10.6 Å². The Hall–Kier alpha value is -2.51. The molecule has 0 unspecified atom stereocenters. The lowest BCUT2D eigenvalue weighted by Gasteiger charge is -2.10. The molecule has 0 radical (unpaired) electrons. The molecule has 0 aliphatic rings. The lowest BCUT2D eigenvalue weighted by Crippen LogP contribution is -2.19. The minimum Gasteiger partial charge on any atom is -0.308 e. The average molecular weight is 286 g/mol. The number of amides is 2. The van der Waals surface area contributed by atoms with Crippen molar-refractivity contribution < 1.29 is 4.79 Å². The van der Waals surface area contributed by atoms with Crippen molar-refractivity contribution in [3.63, 3.8) is 0 Å². The van der Waals surface area contributed by atoms with Crippen molar-refractivity contribution in [1.82, 2.24) is 0 Å². The van der Waals surface area contributed by atoms with Gasteiger partial charge in [-0.2, -0.15) is 5.26 Å². The van der Waals surface area contributed by atoms with Crippen LogP contribution >= 0.6 is 11.6 Å². The normalized spacial score (nSPS) is 9.65. The van der Waals surface area contributed by atoms with Gasteiger partial charge in [0.05, 0.1) is 11.6 Å². The highest BCUT2D eigenvalue weighted by molar-refractivity contribution is 6.31. The average Bonchev–Trinajstić information content (AvgIpc) is 2.45. The monoisotopic (exact) mass is 285 g/mol. The minimum atomic E-state index is -0.361. The fraction of sp³-hybridized carbons (Fsp3) is 0.0667. The first-order valence-electron chi connectivity index (χ1n) is 5.93. The predicted molar refractivity (Wildman–Crippen MR) is 80.0 cm³/mol. The van der Waals surface area contributed by atoms with Gasteiger partial charge >= 0.3 is 6.03 Å². The molecule has 20 heavy (non-hydrogen) atoms. The molecular formula is C15H12ClN3O. The zero-order chi connectivity index (χ0) is 14.5. The van der Waals surface area contributed by atoms with E-state index in [4.69, 9.17) is 16.9 Å². The quantitative estimate of drug-likeness (QED) is 0.870. The van der Waals surface area contributed by atoms with Crippen LogP contribution in [-0.2, 0) is 0 Å². The number of urea groups is 1. The van der Waals surface area contributed by atoms with Crippen LogP contribution in [0.25, 0.3) is 0 Å². The zero-order valence-electron chi connectivity index (χ0n) is 10.8. The Bertz CT molecular complexity index is 675. The summed E-state index contributed by atoms with van der Waals surface area (Å²) in [5.41, 5.74) is 2.62. The molecule has 100 valence electrons. The van der Waals surface area contributed by atoms with E-state index in [1.165, 1.54) is 0 Å². The minimum absolute atomic E-state index is 0.361. The number of nitriles is 1. The van der Waals surface area contributed by atoms with Crippen molar-refractivity contribution in [3.05, 3.63) is 58.6 Å². The van der Waals surface area contributed by atoms with E-state index in [0.29, 0.717) is 22.0 Å². The van der Waals surface area contributed by atoms with Crippen LogP contribution in [0, 0.1) is 18.3 Å². The van der Waals surface area contributed by atoms with E-state index >= 15 is 0 Å². The van der Waals surface area contributed by atoms with Crippen LogP contribution < -0.4 is 10.6 Å². The summed E-state index contributed by atoms with van der Waals surface area (Å²) in [6.45, 7) is 1.83. The Morgan fingerprint density at radius 2 is 1.85 bits per heavy atom. The van der Waals surface area contributed by atoms with Crippen molar-refractivity contribution >= 4 is 29.0 Å². The summed E-state index contributed by atoms with van der Waals surface area (Å²) in [6.07, 6.45) is 0. The number of hydrogen-bond donors (Lipinski definition) is 2. The maximum atomic E-state index is 11.9. The van der Waals surface area contributed by atoms with E-state index < -0.39 is 0 Å². The summed E-state index contributed by atoms with van der Waals surface area (Å²) < 4.78 is 0. The van der Waals surface area contributed by atoms with Crippen molar-refractivity contribution in [1.29, 1.82) is 5.26 Å². The number of nitrogens with one attached hydrogen (secondary N) is 2. The number of carbonyl (C=O) groups is 1. The molecule has 5 heteroatoms. The second-order valence-electron chi connectivity index (χ2n) is 4.18. The van der Waals surface area contributed by atoms with Crippen LogP contribution in [0.15, 0.2) is 42.5 Å². The molecule has 4 nitrogen and oxygen atoms in total. The van der Waals surface area contributed by atoms with Gasteiger partial charge in [0.25, 0.3) is 0 Å². The van der Waals surface area contributed by atoms with Crippen molar-refractivity contribution in [2.45, 2.75) is 6.92 Å². The van der Waals surface area contributed by atoms with Gasteiger partial charge in [0.2, 0.25) is 0 Å². The molecule has 2 N–H and O–H groups in total.